The lowest BCUT2D eigenvalue weighted by molar-refractivity contribution is -0.0368. The molecule has 242 valence electrons. The summed E-state index contributed by atoms with van der Waals surface area (Å²) < 4.78 is 59.6. The van der Waals surface area contributed by atoms with Gasteiger partial charge in [0, 0.05) is 38.7 Å². The second kappa shape index (κ2) is 14.4. The number of nitrogens with one attached hydrogen (secondary N) is 2. The number of nitrogens with zero attached hydrogens (tertiary/aromatic N) is 6. The van der Waals surface area contributed by atoms with Crippen molar-refractivity contribution in [3.8, 4) is 0 Å². The first-order valence-electron chi connectivity index (χ1n) is 14.8. The molecule has 0 bridgehead atoms. The molecular formula is C29H40F4N8O3. The third kappa shape index (κ3) is 9.63. The van der Waals surface area contributed by atoms with Crippen LogP contribution in [0.3, 0.4) is 0 Å². The van der Waals surface area contributed by atoms with Crippen LogP contribution in [-0.2, 0) is 17.8 Å². The summed E-state index contributed by atoms with van der Waals surface area (Å²) in [5, 5.41) is 13.4. The monoisotopic (exact) mass is 624 g/mol. The highest BCUT2D eigenvalue weighted by Gasteiger charge is 2.38. The number of amides is 3. The summed E-state index contributed by atoms with van der Waals surface area (Å²) in [4.78, 5) is 29.8. The van der Waals surface area contributed by atoms with Crippen molar-refractivity contribution in [3.05, 3.63) is 47.7 Å². The van der Waals surface area contributed by atoms with Gasteiger partial charge in [-0.3, -0.25) is 9.48 Å². The fourth-order valence-corrected chi connectivity index (χ4v) is 4.75. The molecule has 3 aliphatic rings. The van der Waals surface area contributed by atoms with Crippen LogP contribution in [0.25, 0.3) is 5.65 Å². The van der Waals surface area contributed by atoms with Gasteiger partial charge >= 0.3 is 6.03 Å². The zero-order chi connectivity index (χ0) is 31.9. The number of rotatable bonds is 7. The van der Waals surface area contributed by atoms with E-state index >= 15 is 0 Å². The standard InChI is InChI=1S/C19H22F2N8O2.C6H10F2.C4H8O/c1-12(2)29-15(3-4-24-29)17(30)22-7-14-9-28-16(26-14)5-13(6-25-28)8-27-11-19(20,21)10-23-18(27)31;7-6(8)4-2-1-3-5-6;1-5-4-2-3-4/h3-6,9,12H,7-8,10-11H2,1-2H3,(H,22,30)(H,23,31);1-5H2;4H,2-3H2,1H3. The number of aromatic nitrogens is 5. The van der Waals surface area contributed by atoms with Gasteiger partial charge in [0.15, 0.2) is 5.65 Å². The van der Waals surface area contributed by atoms with Crippen LogP contribution in [0.5, 0.6) is 0 Å². The molecule has 11 nitrogen and oxygen atoms in total. The Kier molecular flexibility index (Phi) is 10.8. The van der Waals surface area contributed by atoms with Gasteiger partial charge in [0.25, 0.3) is 11.8 Å². The van der Waals surface area contributed by atoms with Gasteiger partial charge in [-0.1, -0.05) is 6.42 Å². The number of imidazole rings is 1. The van der Waals surface area contributed by atoms with Gasteiger partial charge < -0.3 is 20.3 Å². The van der Waals surface area contributed by atoms with Gasteiger partial charge in [0.05, 0.1) is 43.8 Å². The van der Waals surface area contributed by atoms with Gasteiger partial charge in [-0.25, -0.2) is 31.9 Å². The summed E-state index contributed by atoms with van der Waals surface area (Å²) in [7, 11) is 1.76. The highest BCUT2D eigenvalue weighted by Crippen LogP contribution is 2.32. The Morgan fingerprint density at radius 1 is 1.14 bits per heavy atom. The number of halogens is 4. The lowest BCUT2D eigenvalue weighted by Crippen LogP contribution is -2.56. The predicted molar refractivity (Wildman–Crippen MR) is 154 cm³/mol. The first kappa shape index (κ1) is 33.1. The van der Waals surface area contributed by atoms with E-state index in [-0.39, 0.29) is 37.9 Å². The summed E-state index contributed by atoms with van der Waals surface area (Å²) in [6.07, 6.45) is 10.6. The molecule has 15 heteroatoms. The van der Waals surface area contributed by atoms with Crippen LogP contribution >= 0.6 is 0 Å². The van der Waals surface area contributed by atoms with E-state index in [1.807, 2.05) is 13.8 Å². The Balaban J connectivity index is 0.000000279. The smallest absolute Gasteiger partial charge is 0.318 e. The summed E-state index contributed by atoms with van der Waals surface area (Å²) in [5.41, 5.74) is 2.09. The minimum absolute atomic E-state index is 0.0109. The Morgan fingerprint density at radius 3 is 2.45 bits per heavy atom. The lowest BCUT2D eigenvalue weighted by atomic mass is 9.97. The van der Waals surface area contributed by atoms with Gasteiger partial charge in [-0.05, 0) is 57.2 Å². The fraction of sp³-hybridized carbons (Fsp3) is 0.621. The minimum atomic E-state index is -2.98. The van der Waals surface area contributed by atoms with Crippen LogP contribution in [0.1, 0.15) is 86.6 Å². The molecule has 3 amide bonds. The van der Waals surface area contributed by atoms with Crippen molar-refractivity contribution in [3.63, 3.8) is 0 Å². The van der Waals surface area contributed by atoms with Crippen molar-refractivity contribution < 1.29 is 31.9 Å². The maximum atomic E-state index is 13.6. The zero-order valence-corrected chi connectivity index (χ0v) is 25.2. The molecule has 2 N–H and O–H groups in total. The molecule has 2 aliphatic carbocycles. The molecule has 2 saturated carbocycles. The molecule has 0 spiro atoms. The number of alkyl halides is 4. The quantitative estimate of drug-likeness (QED) is 0.358. The second-order valence-corrected chi connectivity index (χ2v) is 11.6. The molecule has 0 unspecified atom stereocenters. The molecule has 3 aromatic rings. The Hall–Kier alpha value is -3.75. The average molecular weight is 625 g/mol. The third-order valence-electron chi connectivity index (χ3n) is 7.27. The average Bonchev–Trinajstić information content (AvgIpc) is 3.52. The van der Waals surface area contributed by atoms with Crippen molar-refractivity contribution in [2.45, 2.75) is 95.9 Å². The van der Waals surface area contributed by atoms with E-state index in [2.05, 4.69) is 25.8 Å². The molecule has 1 aliphatic heterocycles. The molecule has 0 radical (unpaired) electrons. The Bertz CT molecular complexity index is 1400. The van der Waals surface area contributed by atoms with Crippen LogP contribution in [-0.4, -0.2) is 79.4 Å². The topological polar surface area (TPSA) is 119 Å². The van der Waals surface area contributed by atoms with Gasteiger partial charge in [-0.2, -0.15) is 10.2 Å². The number of carbonyl (C=O) groups excluding carboxylic acids is 2. The Morgan fingerprint density at radius 2 is 1.86 bits per heavy atom. The Labute approximate surface area is 253 Å². The van der Waals surface area contributed by atoms with Crippen molar-refractivity contribution in [1.29, 1.82) is 0 Å². The SMILES string of the molecule is CC(C)n1nccc1C(=O)NCc1cn2ncc(CN3CC(F)(F)CNC3=O)cc2n1.COC1CC1.FC1(F)CCCCC1. The molecule has 1 saturated heterocycles. The molecular weight excluding hydrogens is 584 g/mol. The van der Waals surface area contributed by atoms with E-state index in [1.165, 1.54) is 23.6 Å². The highest BCUT2D eigenvalue weighted by molar-refractivity contribution is 5.92. The van der Waals surface area contributed by atoms with Crippen molar-refractivity contribution in [2.75, 3.05) is 20.2 Å². The van der Waals surface area contributed by atoms with E-state index < -0.39 is 31.0 Å². The van der Waals surface area contributed by atoms with Crippen molar-refractivity contribution >= 4 is 17.6 Å². The second-order valence-electron chi connectivity index (χ2n) is 11.6. The summed E-state index contributed by atoms with van der Waals surface area (Å²) in [6.45, 7) is 2.73. The summed E-state index contributed by atoms with van der Waals surface area (Å²) in [5.74, 6) is -5.57. The van der Waals surface area contributed by atoms with Crippen molar-refractivity contribution in [1.82, 2.24) is 39.9 Å². The summed E-state index contributed by atoms with van der Waals surface area (Å²) >= 11 is 0. The number of hydrogen-bond acceptors (Lipinski definition) is 6. The van der Waals surface area contributed by atoms with E-state index in [9.17, 15) is 27.2 Å². The first-order chi connectivity index (χ1) is 20.9. The highest BCUT2D eigenvalue weighted by atomic mass is 19.3. The number of urea groups is 1. The van der Waals surface area contributed by atoms with E-state index in [4.69, 9.17) is 4.74 Å². The van der Waals surface area contributed by atoms with Crippen LogP contribution in [0, 0.1) is 0 Å². The normalized spacial score (nSPS) is 19.0. The number of hydrogen-bond donors (Lipinski definition) is 2. The maximum absolute atomic E-state index is 13.6. The number of methoxy groups -OCH3 is 1. The molecule has 44 heavy (non-hydrogen) atoms. The largest absolute Gasteiger partial charge is 0.381 e. The molecule has 0 aromatic carbocycles. The third-order valence-corrected chi connectivity index (χ3v) is 7.27. The van der Waals surface area contributed by atoms with Crippen molar-refractivity contribution in [2.24, 2.45) is 0 Å². The molecule has 6 rings (SSSR count). The zero-order valence-electron chi connectivity index (χ0n) is 25.2. The number of fused-ring (bicyclic) bond motifs is 1. The molecule has 3 aromatic heterocycles. The first-order valence-corrected chi connectivity index (χ1v) is 14.8. The number of ether oxygens (including phenoxy) is 1. The van der Waals surface area contributed by atoms with Gasteiger partial charge in [0.2, 0.25) is 5.92 Å². The molecule has 4 heterocycles. The van der Waals surface area contributed by atoms with Crippen LogP contribution in [0.15, 0.2) is 30.7 Å². The van der Waals surface area contributed by atoms with Crippen LogP contribution in [0.2, 0.25) is 0 Å². The van der Waals surface area contributed by atoms with E-state index in [1.54, 1.807) is 36.3 Å². The fourth-order valence-electron chi connectivity index (χ4n) is 4.75. The lowest BCUT2D eigenvalue weighted by Gasteiger charge is -2.32. The van der Waals surface area contributed by atoms with Crippen LogP contribution in [0.4, 0.5) is 22.4 Å². The summed E-state index contributed by atoms with van der Waals surface area (Å²) in [6, 6.07) is 2.83. The molecule has 0 atom stereocenters. The predicted octanol–water partition coefficient (Wildman–Crippen LogP) is 4.98. The minimum Gasteiger partial charge on any atom is -0.381 e. The van der Waals surface area contributed by atoms with E-state index in [0.717, 1.165) is 11.3 Å². The van der Waals surface area contributed by atoms with Gasteiger partial charge in [-0.15, -0.1) is 0 Å². The van der Waals surface area contributed by atoms with Crippen LogP contribution < -0.4 is 10.6 Å². The van der Waals surface area contributed by atoms with Gasteiger partial charge in [0.1, 0.15) is 5.69 Å². The maximum Gasteiger partial charge on any atom is 0.318 e. The van der Waals surface area contributed by atoms with E-state index in [0.29, 0.717) is 41.5 Å². The molecule has 3 fully saturated rings. The number of carbonyl (C=O) groups is 2.